The molecule has 0 aliphatic carbocycles. The Hall–Kier alpha value is -0.420. The van der Waals surface area contributed by atoms with Crippen LogP contribution in [0.25, 0.3) is 0 Å². The molecule has 0 aromatic carbocycles. The molecule has 1 aliphatic heterocycles. The van der Waals surface area contributed by atoms with Gasteiger partial charge in [-0.3, -0.25) is 0 Å². The maximum atomic E-state index is 10.7. The Kier molecular flexibility index (Phi) is 4.66. The van der Waals surface area contributed by atoms with Crippen molar-refractivity contribution in [3.8, 4) is 0 Å². The van der Waals surface area contributed by atoms with Crippen LogP contribution in [-0.4, -0.2) is 29.5 Å². The lowest BCUT2D eigenvalue weighted by Crippen LogP contribution is -2.85. The van der Waals surface area contributed by atoms with E-state index < -0.39 is 5.60 Å². The van der Waals surface area contributed by atoms with Crippen LogP contribution in [0.15, 0.2) is 17.5 Å². The third-order valence-corrected chi connectivity index (χ3v) is 5.01. The molecule has 2 heterocycles. The fourth-order valence-corrected chi connectivity index (χ4v) is 3.71. The molecule has 3 nitrogen and oxygen atoms in total. The maximum Gasteiger partial charge on any atom is 0.118 e. The van der Waals surface area contributed by atoms with Gasteiger partial charge in [-0.2, -0.15) is 0 Å². The van der Waals surface area contributed by atoms with E-state index in [4.69, 9.17) is 4.74 Å². The van der Waals surface area contributed by atoms with E-state index in [9.17, 15) is 5.11 Å². The predicted octanol–water partition coefficient (Wildman–Crippen LogP) is 2.08. The molecule has 2 atom stereocenters. The van der Waals surface area contributed by atoms with Crippen LogP contribution in [-0.2, 0) is 4.74 Å². The topological polar surface area (TPSA) is 46.1 Å². The van der Waals surface area contributed by atoms with Crippen molar-refractivity contribution in [2.75, 3.05) is 13.2 Å². The zero-order chi connectivity index (χ0) is 13.9. The molecule has 0 spiro atoms. The van der Waals surface area contributed by atoms with Gasteiger partial charge < -0.3 is 15.2 Å². The second-order valence-corrected chi connectivity index (χ2v) is 7.32. The molecule has 1 saturated heterocycles. The Balaban J connectivity index is 1.78. The molecule has 108 valence electrons. The van der Waals surface area contributed by atoms with Crippen LogP contribution in [0.4, 0.5) is 0 Å². The molecule has 0 amide bonds. The van der Waals surface area contributed by atoms with Crippen LogP contribution in [0, 0.1) is 0 Å². The highest BCUT2D eigenvalue weighted by Crippen LogP contribution is 2.33. The standard InChI is InChI=1S/C15H25NO2S/c1-12(13-5-4-10-19-13)16-8-6-15(17)7-9-18-14(2,3)11-15/h4-5,10,12,16-17H,6-9,11H2,1-3H3/p+1/t12-,15-/m0/s1. The Labute approximate surface area is 120 Å². The van der Waals surface area contributed by atoms with Crippen LogP contribution >= 0.6 is 11.3 Å². The van der Waals surface area contributed by atoms with Gasteiger partial charge in [-0.1, -0.05) is 6.07 Å². The third kappa shape index (κ3) is 4.28. The predicted molar refractivity (Wildman–Crippen MR) is 78.4 cm³/mol. The molecule has 19 heavy (non-hydrogen) atoms. The van der Waals surface area contributed by atoms with Crippen molar-refractivity contribution in [2.45, 2.75) is 57.3 Å². The molecule has 1 aromatic rings. The highest BCUT2D eigenvalue weighted by molar-refractivity contribution is 7.10. The number of hydrogen-bond acceptors (Lipinski definition) is 3. The highest BCUT2D eigenvalue weighted by Gasteiger charge is 2.39. The van der Waals surface area contributed by atoms with E-state index in [0.29, 0.717) is 12.6 Å². The molecule has 0 bridgehead atoms. The minimum absolute atomic E-state index is 0.188. The van der Waals surface area contributed by atoms with E-state index in [1.165, 1.54) is 4.88 Å². The van der Waals surface area contributed by atoms with Gasteiger partial charge in [0.2, 0.25) is 0 Å². The quantitative estimate of drug-likeness (QED) is 0.869. The Morgan fingerprint density at radius 2 is 2.32 bits per heavy atom. The molecule has 2 rings (SSSR count). The van der Waals surface area contributed by atoms with Crippen molar-refractivity contribution in [3.05, 3.63) is 22.4 Å². The lowest BCUT2D eigenvalue weighted by Gasteiger charge is -2.41. The molecular formula is C15H26NO2S+. The minimum Gasteiger partial charge on any atom is -0.389 e. The number of nitrogens with two attached hydrogens (primary N) is 1. The summed E-state index contributed by atoms with van der Waals surface area (Å²) in [6.45, 7) is 7.99. The molecule has 0 unspecified atom stereocenters. The van der Waals surface area contributed by atoms with Crippen molar-refractivity contribution in [1.82, 2.24) is 0 Å². The van der Waals surface area contributed by atoms with Crippen LogP contribution < -0.4 is 5.32 Å². The van der Waals surface area contributed by atoms with Gasteiger partial charge in [-0.15, -0.1) is 11.3 Å². The summed E-state index contributed by atoms with van der Waals surface area (Å²) < 4.78 is 5.68. The van der Waals surface area contributed by atoms with Gasteiger partial charge in [0.15, 0.2) is 0 Å². The van der Waals surface area contributed by atoms with Gasteiger partial charge in [-0.25, -0.2) is 0 Å². The SMILES string of the molecule is C[C@H]([NH2+]CC[C@]1(O)CCOC(C)(C)C1)c1cccs1. The van der Waals surface area contributed by atoms with Crippen molar-refractivity contribution in [1.29, 1.82) is 0 Å². The molecule has 0 radical (unpaired) electrons. The van der Waals surface area contributed by atoms with Crippen molar-refractivity contribution in [2.24, 2.45) is 0 Å². The maximum absolute atomic E-state index is 10.7. The second kappa shape index (κ2) is 5.92. The van der Waals surface area contributed by atoms with Gasteiger partial charge in [0, 0.05) is 12.8 Å². The third-order valence-electron chi connectivity index (χ3n) is 3.94. The summed E-state index contributed by atoms with van der Waals surface area (Å²) in [5.74, 6) is 0. The van der Waals surface area contributed by atoms with Crippen molar-refractivity contribution >= 4 is 11.3 Å². The van der Waals surface area contributed by atoms with E-state index in [2.05, 4.69) is 43.6 Å². The summed E-state index contributed by atoms with van der Waals surface area (Å²) in [5, 5.41) is 15.1. The van der Waals surface area contributed by atoms with Crippen LogP contribution in [0.3, 0.4) is 0 Å². The zero-order valence-electron chi connectivity index (χ0n) is 12.2. The van der Waals surface area contributed by atoms with Gasteiger partial charge in [0.1, 0.15) is 6.04 Å². The first kappa shape index (κ1) is 15.0. The summed E-state index contributed by atoms with van der Waals surface area (Å²) >= 11 is 1.80. The first-order chi connectivity index (χ1) is 8.90. The first-order valence-electron chi connectivity index (χ1n) is 7.13. The molecule has 3 N–H and O–H groups in total. The summed E-state index contributed by atoms with van der Waals surface area (Å²) in [6, 6.07) is 4.76. The number of ether oxygens (including phenoxy) is 1. The number of rotatable bonds is 5. The average molecular weight is 284 g/mol. The molecule has 0 saturated carbocycles. The van der Waals surface area contributed by atoms with Crippen LogP contribution in [0.5, 0.6) is 0 Å². The number of hydrogen-bond donors (Lipinski definition) is 2. The Morgan fingerprint density at radius 1 is 1.53 bits per heavy atom. The van der Waals surface area contributed by atoms with Gasteiger partial charge in [0.25, 0.3) is 0 Å². The number of quaternary nitrogens is 1. The van der Waals surface area contributed by atoms with E-state index in [1.54, 1.807) is 11.3 Å². The summed E-state index contributed by atoms with van der Waals surface area (Å²) in [5.41, 5.74) is -0.736. The molecule has 1 aromatic heterocycles. The smallest absolute Gasteiger partial charge is 0.118 e. The largest absolute Gasteiger partial charge is 0.389 e. The zero-order valence-corrected chi connectivity index (χ0v) is 13.0. The summed E-state index contributed by atoms with van der Waals surface area (Å²) in [6.07, 6.45) is 2.34. The van der Waals surface area contributed by atoms with Crippen LogP contribution in [0.2, 0.25) is 0 Å². The fraction of sp³-hybridized carbons (Fsp3) is 0.733. The minimum atomic E-state index is -0.548. The van der Waals surface area contributed by atoms with E-state index in [0.717, 1.165) is 25.8 Å². The average Bonchev–Trinajstić information content (AvgIpc) is 2.80. The van der Waals surface area contributed by atoms with Crippen molar-refractivity contribution in [3.63, 3.8) is 0 Å². The highest BCUT2D eigenvalue weighted by atomic mass is 32.1. The Bertz CT molecular complexity index is 391. The van der Waals surface area contributed by atoms with Crippen LogP contribution in [0.1, 0.15) is 51.0 Å². The molecule has 1 aliphatic rings. The van der Waals surface area contributed by atoms with Gasteiger partial charge >= 0.3 is 0 Å². The van der Waals surface area contributed by atoms with E-state index in [1.807, 2.05) is 0 Å². The molecule has 1 fully saturated rings. The van der Waals surface area contributed by atoms with Crippen molar-refractivity contribution < 1.29 is 15.2 Å². The monoisotopic (exact) mass is 284 g/mol. The lowest BCUT2D eigenvalue weighted by molar-refractivity contribution is -0.693. The van der Waals surface area contributed by atoms with Gasteiger partial charge in [-0.05, 0) is 38.6 Å². The summed E-state index contributed by atoms with van der Waals surface area (Å²) in [4.78, 5) is 1.40. The lowest BCUT2D eigenvalue weighted by atomic mass is 9.82. The fourth-order valence-electron chi connectivity index (χ4n) is 2.93. The summed E-state index contributed by atoms with van der Waals surface area (Å²) in [7, 11) is 0. The van der Waals surface area contributed by atoms with E-state index >= 15 is 0 Å². The Morgan fingerprint density at radius 3 is 2.95 bits per heavy atom. The normalized spacial score (nSPS) is 28.2. The second-order valence-electron chi connectivity index (χ2n) is 6.34. The number of aliphatic hydroxyl groups is 1. The first-order valence-corrected chi connectivity index (χ1v) is 8.01. The number of thiophene rings is 1. The molecular weight excluding hydrogens is 258 g/mol. The van der Waals surface area contributed by atoms with Gasteiger partial charge in [0.05, 0.1) is 29.2 Å². The molecule has 4 heteroatoms. The van der Waals surface area contributed by atoms with E-state index in [-0.39, 0.29) is 5.60 Å².